The highest BCUT2D eigenvalue weighted by Gasteiger charge is 2.31. The Morgan fingerprint density at radius 3 is 2.74 bits per heavy atom. The fourth-order valence-electron chi connectivity index (χ4n) is 4.52. The summed E-state index contributed by atoms with van der Waals surface area (Å²) in [6, 6.07) is 7.05. The molecule has 2 unspecified atom stereocenters. The quantitative estimate of drug-likeness (QED) is 0.615. The van der Waals surface area contributed by atoms with Gasteiger partial charge in [0, 0.05) is 43.1 Å². The second kappa shape index (κ2) is 9.54. The molecule has 0 aliphatic carbocycles. The lowest BCUT2D eigenvalue weighted by atomic mass is 9.98. The van der Waals surface area contributed by atoms with Crippen molar-refractivity contribution in [1.82, 2.24) is 20.2 Å². The molecule has 0 radical (unpaired) electrons. The van der Waals surface area contributed by atoms with Gasteiger partial charge in [-0.3, -0.25) is 14.6 Å². The normalized spacial score (nSPS) is 20.1. The summed E-state index contributed by atoms with van der Waals surface area (Å²) in [6.07, 6.45) is 2.98. The van der Waals surface area contributed by atoms with Crippen LogP contribution in [-0.2, 0) is 11.3 Å². The van der Waals surface area contributed by atoms with E-state index in [1.807, 2.05) is 38.1 Å². The number of carbonyl (C=O) groups excluding carboxylic acids is 3. The van der Waals surface area contributed by atoms with E-state index < -0.39 is 6.03 Å². The summed E-state index contributed by atoms with van der Waals surface area (Å²) in [5, 5.41) is 5.92. The molecule has 2 aliphatic heterocycles. The van der Waals surface area contributed by atoms with Crippen LogP contribution in [-0.4, -0.2) is 65.1 Å². The summed E-state index contributed by atoms with van der Waals surface area (Å²) < 4.78 is 0. The third-order valence-corrected chi connectivity index (χ3v) is 6.34. The molecular weight excluding hydrogens is 436 g/mol. The average Bonchev–Trinajstić information content (AvgIpc) is 2.80. The molecule has 2 aliphatic rings. The van der Waals surface area contributed by atoms with Crippen molar-refractivity contribution in [3.63, 3.8) is 0 Å². The summed E-state index contributed by atoms with van der Waals surface area (Å²) in [7, 11) is 1.68. The zero-order valence-corrected chi connectivity index (χ0v) is 19.6. The molecule has 0 bridgehead atoms. The van der Waals surface area contributed by atoms with Crippen molar-refractivity contribution in [3.05, 3.63) is 41.6 Å². The molecule has 11 nitrogen and oxygen atoms in total. The maximum absolute atomic E-state index is 13.0. The SMILES string of the molecule is Cc1ccccc1N1Cc2cnc(NCC(=O)NC3CCN(C(N)=O)C(C)C3)nc2N(C)C1=O. The molecule has 4 rings (SSSR count). The fourth-order valence-corrected chi connectivity index (χ4v) is 4.52. The van der Waals surface area contributed by atoms with Crippen molar-refractivity contribution >= 4 is 35.4 Å². The minimum absolute atomic E-state index is 0.00377. The number of benzene rings is 1. The number of hydrogen-bond donors (Lipinski definition) is 3. The van der Waals surface area contributed by atoms with Gasteiger partial charge in [0.2, 0.25) is 11.9 Å². The number of nitrogens with two attached hydrogens (primary N) is 1. The summed E-state index contributed by atoms with van der Waals surface area (Å²) in [5.41, 5.74) is 8.05. The highest BCUT2D eigenvalue weighted by molar-refractivity contribution is 6.05. The first-order valence-corrected chi connectivity index (χ1v) is 11.3. The minimum Gasteiger partial charge on any atom is -0.352 e. The Morgan fingerprint density at radius 2 is 2.03 bits per heavy atom. The van der Waals surface area contributed by atoms with Crippen LogP contribution in [0, 0.1) is 6.92 Å². The molecule has 2 aromatic rings. The number of amides is 5. The van der Waals surface area contributed by atoms with Gasteiger partial charge in [-0.25, -0.2) is 14.6 Å². The van der Waals surface area contributed by atoms with Crippen molar-refractivity contribution in [2.75, 3.05) is 35.3 Å². The first kappa shape index (κ1) is 23.3. The lowest BCUT2D eigenvalue weighted by molar-refractivity contribution is -0.120. The van der Waals surface area contributed by atoms with E-state index in [0.717, 1.165) is 16.8 Å². The standard InChI is InChI=1S/C23H30N8O3/c1-14-6-4-5-7-18(14)31-13-16-11-25-22(28-20(16)29(3)23(31)34)26-12-19(32)27-17-8-9-30(21(24)33)15(2)10-17/h4-7,11,15,17H,8-10,12-13H2,1-3H3,(H2,24,33)(H,27,32)(H,25,26,28). The maximum atomic E-state index is 13.0. The molecule has 1 fully saturated rings. The van der Waals surface area contributed by atoms with Crippen molar-refractivity contribution < 1.29 is 14.4 Å². The summed E-state index contributed by atoms with van der Waals surface area (Å²) in [4.78, 5) is 50.5. The Balaban J connectivity index is 1.37. The van der Waals surface area contributed by atoms with Crippen LogP contribution in [0.25, 0.3) is 0 Å². The Morgan fingerprint density at radius 1 is 1.26 bits per heavy atom. The van der Waals surface area contributed by atoms with E-state index in [9.17, 15) is 14.4 Å². The maximum Gasteiger partial charge on any atom is 0.330 e. The number of carbonyl (C=O) groups is 3. The van der Waals surface area contributed by atoms with Crippen molar-refractivity contribution in [2.45, 2.75) is 45.3 Å². The number of anilines is 3. The number of urea groups is 2. The molecule has 4 N–H and O–H groups in total. The van der Waals surface area contributed by atoms with Crippen LogP contribution >= 0.6 is 0 Å². The molecule has 1 aromatic carbocycles. The van der Waals surface area contributed by atoms with E-state index in [-0.39, 0.29) is 36.5 Å². The van der Waals surface area contributed by atoms with Gasteiger partial charge < -0.3 is 21.3 Å². The molecule has 3 heterocycles. The van der Waals surface area contributed by atoms with E-state index in [1.54, 1.807) is 23.0 Å². The van der Waals surface area contributed by atoms with Crippen molar-refractivity contribution in [2.24, 2.45) is 5.73 Å². The highest BCUT2D eigenvalue weighted by Crippen LogP contribution is 2.31. The number of hydrogen-bond acceptors (Lipinski definition) is 6. The second-order valence-corrected chi connectivity index (χ2v) is 8.78. The van der Waals surface area contributed by atoms with Gasteiger partial charge in [-0.15, -0.1) is 0 Å². The van der Waals surface area contributed by atoms with Crippen LogP contribution in [0.4, 0.5) is 27.0 Å². The second-order valence-electron chi connectivity index (χ2n) is 8.78. The van der Waals surface area contributed by atoms with Crippen LogP contribution in [0.1, 0.15) is 30.9 Å². The molecule has 1 saturated heterocycles. The number of nitrogens with zero attached hydrogens (tertiary/aromatic N) is 5. The predicted molar refractivity (Wildman–Crippen MR) is 129 cm³/mol. The topological polar surface area (TPSA) is 137 Å². The van der Waals surface area contributed by atoms with Crippen LogP contribution < -0.4 is 26.2 Å². The molecule has 5 amide bonds. The zero-order chi connectivity index (χ0) is 24.4. The molecule has 0 spiro atoms. The molecule has 180 valence electrons. The molecule has 34 heavy (non-hydrogen) atoms. The van der Waals surface area contributed by atoms with Crippen LogP contribution in [0.15, 0.2) is 30.5 Å². The third kappa shape index (κ3) is 4.73. The summed E-state index contributed by atoms with van der Waals surface area (Å²) in [6.45, 7) is 4.76. The average molecular weight is 467 g/mol. The van der Waals surface area contributed by atoms with E-state index in [0.29, 0.717) is 31.7 Å². The van der Waals surface area contributed by atoms with Gasteiger partial charge in [0.1, 0.15) is 5.82 Å². The predicted octanol–water partition coefficient (Wildman–Crippen LogP) is 1.82. The number of para-hydroxylation sites is 1. The number of fused-ring (bicyclic) bond motifs is 1. The molecule has 0 saturated carbocycles. The molecule has 2 atom stereocenters. The Labute approximate surface area is 198 Å². The number of aryl methyl sites for hydroxylation is 1. The number of aromatic nitrogens is 2. The summed E-state index contributed by atoms with van der Waals surface area (Å²) in [5.74, 6) is 0.594. The van der Waals surface area contributed by atoms with Gasteiger partial charge in [0.05, 0.1) is 13.1 Å². The number of primary amides is 1. The zero-order valence-electron chi connectivity index (χ0n) is 19.6. The van der Waals surface area contributed by atoms with Gasteiger partial charge in [0.15, 0.2) is 0 Å². The number of rotatable bonds is 5. The lowest BCUT2D eigenvalue weighted by Gasteiger charge is -2.36. The Hall–Kier alpha value is -3.89. The molecule has 1 aromatic heterocycles. The Bertz CT molecular complexity index is 1110. The van der Waals surface area contributed by atoms with Gasteiger partial charge in [-0.1, -0.05) is 18.2 Å². The first-order valence-electron chi connectivity index (χ1n) is 11.3. The Kier molecular flexibility index (Phi) is 6.53. The van der Waals surface area contributed by atoms with Crippen LogP contribution in [0.5, 0.6) is 0 Å². The van der Waals surface area contributed by atoms with E-state index in [2.05, 4.69) is 20.6 Å². The van der Waals surface area contributed by atoms with Crippen molar-refractivity contribution in [3.8, 4) is 0 Å². The minimum atomic E-state index is -0.436. The fraction of sp³-hybridized carbons (Fsp3) is 0.435. The smallest absolute Gasteiger partial charge is 0.330 e. The molecule has 11 heteroatoms. The number of nitrogens with one attached hydrogen (secondary N) is 2. The van der Waals surface area contributed by atoms with Crippen molar-refractivity contribution in [1.29, 1.82) is 0 Å². The largest absolute Gasteiger partial charge is 0.352 e. The van der Waals surface area contributed by atoms with E-state index >= 15 is 0 Å². The lowest BCUT2D eigenvalue weighted by Crippen LogP contribution is -2.53. The third-order valence-electron chi connectivity index (χ3n) is 6.34. The van der Waals surface area contributed by atoms with E-state index in [1.165, 1.54) is 4.90 Å². The van der Waals surface area contributed by atoms with E-state index in [4.69, 9.17) is 5.73 Å². The van der Waals surface area contributed by atoms with Gasteiger partial charge in [0.25, 0.3) is 0 Å². The summed E-state index contributed by atoms with van der Waals surface area (Å²) >= 11 is 0. The van der Waals surface area contributed by atoms with Gasteiger partial charge >= 0.3 is 12.1 Å². The first-order chi connectivity index (χ1) is 16.2. The van der Waals surface area contributed by atoms with Crippen LogP contribution in [0.2, 0.25) is 0 Å². The number of likely N-dealkylation sites (tertiary alicyclic amines) is 1. The van der Waals surface area contributed by atoms with Gasteiger partial charge in [-0.05, 0) is 38.3 Å². The van der Waals surface area contributed by atoms with Crippen LogP contribution in [0.3, 0.4) is 0 Å². The number of piperidine rings is 1. The van der Waals surface area contributed by atoms with Gasteiger partial charge in [-0.2, -0.15) is 4.98 Å². The highest BCUT2D eigenvalue weighted by atomic mass is 16.2. The monoisotopic (exact) mass is 466 g/mol. The molecular formula is C23H30N8O3.